The summed E-state index contributed by atoms with van der Waals surface area (Å²) in [5, 5.41) is 7.91. The molecule has 0 bridgehead atoms. The van der Waals surface area contributed by atoms with E-state index in [2.05, 4.69) is 5.32 Å². The monoisotopic (exact) mass is 370 g/mol. The molecule has 1 aliphatic carbocycles. The minimum atomic E-state index is -3.99. The topological polar surface area (TPSA) is 125 Å². The molecule has 0 aliphatic heterocycles. The third-order valence-electron chi connectivity index (χ3n) is 4.07. The van der Waals surface area contributed by atoms with Crippen LogP contribution in [0.1, 0.15) is 43.0 Å². The predicted molar refractivity (Wildman–Crippen MR) is 89.6 cm³/mol. The normalized spacial score (nSPS) is 16.3. The molecule has 1 aliphatic rings. The van der Waals surface area contributed by atoms with Gasteiger partial charge in [-0.2, -0.15) is 0 Å². The third kappa shape index (κ3) is 4.93. The van der Waals surface area contributed by atoms with E-state index in [9.17, 15) is 18.0 Å². The van der Waals surface area contributed by atoms with Gasteiger partial charge < -0.3 is 14.8 Å². The summed E-state index contributed by atoms with van der Waals surface area (Å²) in [4.78, 5) is 24.2. The second kappa shape index (κ2) is 7.83. The van der Waals surface area contributed by atoms with Gasteiger partial charge in [0.2, 0.25) is 10.0 Å². The van der Waals surface area contributed by atoms with Gasteiger partial charge in [-0.25, -0.2) is 18.4 Å². The highest BCUT2D eigenvalue weighted by atomic mass is 32.2. The molecule has 1 fully saturated rings. The van der Waals surface area contributed by atoms with Crippen molar-refractivity contribution < 1.29 is 27.5 Å². The zero-order chi connectivity index (χ0) is 18.6. The van der Waals surface area contributed by atoms with Gasteiger partial charge >= 0.3 is 5.97 Å². The fraction of sp³-hybridized carbons (Fsp3) is 0.500. The van der Waals surface area contributed by atoms with Gasteiger partial charge in [0, 0.05) is 6.04 Å². The maximum Gasteiger partial charge on any atom is 0.342 e. The van der Waals surface area contributed by atoms with Crippen LogP contribution >= 0.6 is 0 Å². The molecule has 8 nitrogen and oxygen atoms in total. The van der Waals surface area contributed by atoms with Crippen LogP contribution in [0.3, 0.4) is 0 Å². The number of amides is 1. The van der Waals surface area contributed by atoms with Crippen molar-refractivity contribution in [3.05, 3.63) is 23.8 Å². The summed E-state index contributed by atoms with van der Waals surface area (Å²) in [6.07, 6.45) is 2.94. The Labute approximate surface area is 146 Å². The first kappa shape index (κ1) is 19.2. The summed E-state index contributed by atoms with van der Waals surface area (Å²) in [5.41, 5.74) is -0.116. The number of hydrogen-bond donors (Lipinski definition) is 2. The molecule has 1 atom stereocenters. The first-order chi connectivity index (χ1) is 11.7. The van der Waals surface area contributed by atoms with Gasteiger partial charge in [0.05, 0.1) is 12.0 Å². The zero-order valence-electron chi connectivity index (χ0n) is 14.2. The summed E-state index contributed by atoms with van der Waals surface area (Å²) in [7, 11) is -2.65. The van der Waals surface area contributed by atoms with E-state index in [1.54, 1.807) is 0 Å². The van der Waals surface area contributed by atoms with E-state index in [0.717, 1.165) is 31.7 Å². The molecule has 138 valence electrons. The third-order valence-corrected chi connectivity index (χ3v) is 4.98. The Morgan fingerprint density at radius 2 is 1.92 bits per heavy atom. The minimum absolute atomic E-state index is 0.105. The number of primary sulfonamides is 1. The summed E-state index contributed by atoms with van der Waals surface area (Å²) in [6, 6.07) is 3.70. The number of rotatable bonds is 6. The average molecular weight is 370 g/mol. The second-order valence-corrected chi connectivity index (χ2v) is 7.51. The lowest BCUT2D eigenvalue weighted by Gasteiger charge is -2.18. The van der Waals surface area contributed by atoms with Crippen molar-refractivity contribution in [2.45, 2.75) is 49.6 Å². The largest absolute Gasteiger partial charge is 0.496 e. The second-order valence-electron chi connectivity index (χ2n) is 5.94. The molecule has 0 radical (unpaired) electrons. The van der Waals surface area contributed by atoms with Crippen molar-refractivity contribution in [1.82, 2.24) is 5.32 Å². The number of sulfonamides is 1. The van der Waals surface area contributed by atoms with Crippen molar-refractivity contribution in [3.63, 3.8) is 0 Å². The smallest absolute Gasteiger partial charge is 0.342 e. The number of esters is 1. The number of ether oxygens (including phenoxy) is 2. The Bertz CT molecular complexity index is 756. The van der Waals surface area contributed by atoms with Gasteiger partial charge in [-0.1, -0.05) is 12.8 Å². The molecule has 1 saturated carbocycles. The Kier molecular flexibility index (Phi) is 6.02. The number of nitrogens with two attached hydrogens (primary N) is 1. The number of benzene rings is 1. The van der Waals surface area contributed by atoms with E-state index in [1.165, 1.54) is 26.2 Å². The predicted octanol–water partition coefficient (Wildman–Crippen LogP) is 0.947. The number of methoxy groups -OCH3 is 1. The molecule has 25 heavy (non-hydrogen) atoms. The fourth-order valence-corrected chi connectivity index (χ4v) is 3.23. The molecule has 0 saturated heterocycles. The van der Waals surface area contributed by atoms with Gasteiger partial charge in [0.15, 0.2) is 6.10 Å². The van der Waals surface area contributed by atoms with E-state index >= 15 is 0 Å². The maximum atomic E-state index is 12.3. The number of carbonyl (C=O) groups is 2. The first-order valence-electron chi connectivity index (χ1n) is 7.94. The van der Waals surface area contributed by atoms with Crippen molar-refractivity contribution in [2.75, 3.05) is 7.11 Å². The lowest BCUT2D eigenvalue weighted by Crippen LogP contribution is -2.40. The summed E-state index contributed by atoms with van der Waals surface area (Å²) in [6.45, 7) is 1.46. The molecule has 0 unspecified atom stereocenters. The van der Waals surface area contributed by atoms with Crippen LogP contribution in [-0.4, -0.2) is 39.5 Å². The van der Waals surface area contributed by atoms with Crippen LogP contribution in [0.5, 0.6) is 5.75 Å². The lowest BCUT2D eigenvalue weighted by molar-refractivity contribution is -0.129. The first-order valence-corrected chi connectivity index (χ1v) is 9.49. The van der Waals surface area contributed by atoms with Crippen molar-refractivity contribution in [2.24, 2.45) is 5.14 Å². The number of nitrogens with one attached hydrogen (secondary N) is 1. The van der Waals surface area contributed by atoms with Crippen LogP contribution in [0.25, 0.3) is 0 Å². The van der Waals surface area contributed by atoms with E-state index < -0.39 is 22.1 Å². The Morgan fingerprint density at radius 3 is 2.48 bits per heavy atom. The van der Waals surface area contributed by atoms with Gasteiger partial charge in [0.1, 0.15) is 11.3 Å². The van der Waals surface area contributed by atoms with Crippen molar-refractivity contribution >= 4 is 21.9 Å². The quantitative estimate of drug-likeness (QED) is 0.718. The van der Waals surface area contributed by atoms with Crippen LogP contribution in [-0.2, 0) is 19.6 Å². The van der Waals surface area contributed by atoms with E-state index in [4.69, 9.17) is 14.6 Å². The average Bonchev–Trinajstić information content (AvgIpc) is 3.06. The van der Waals surface area contributed by atoms with E-state index in [-0.39, 0.29) is 28.2 Å². The molecule has 9 heteroatoms. The van der Waals surface area contributed by atoms with Crippen molar-refractivity contribution in [3.8, 4) is 5.75 Å². The molecule has 1 aromatic carbocycles. The molecule has 1 aromatic rings. The molecule has 1 amide bonds. The Hall–Kier alpha value is -2.13. The molecular weight excluding hydrogens is 348 g/mol. The van der Waals surface area contributed by atoms with Gasteiger partial charge in [-0.15, -0.1) is 0 Å². The lowest BCUT2D eigenvalue weighted by atomic mass is 10.2. The Balaban J connectivity index is 2.12. The van der Waals surface area contributed by atoms with Crippen LogP contribution in [0.2, 0.25) is 0 Å². The maximum absolute atomic E-state index is 12.3. The molecule has 0 heterocycles. The summed E-state index contributed by atoms with van der Waals surface area (Å²) >= 11 is 0. The van der Waals surface area contributed by atoms with Gasteiger partial charge in [-0.05, 0) is 38.0 Å². The standard InChI is InChI=1S/C16H22N2O6S/c1-10(15(19)18-11-5-3-4-6-11)24-16(20)13-9-12(25(17,21)22)7-8-14(13)23-2/h7-11H,3-6H2,1-2H3,(H,18,19)(H2,17,21,22)/t10-/m1/s1. The molecular formula is C16H22N2O6S. The van der Waals surface area contributed by atoms with Gasteiger partial charge in [0.25, 0.3) is 5.91 Å². The minimum Gasteiger partial charge on any atom is -0.496 e. The molecule has 2 rings (SSSR count). The van der Waals surface area contributed by atoms with Crippen LogP contribution in [0.4, 0.5) is 0 Å². The summed E-state index contributed by atoms with van der Waals surface area (Å²) in [5.74, 6) is -1.13. The van der Waals surface area contributed by atoms with E-state index in [1.807, 2.05) is 0 Å². The SMILES string of the molecule is COc1ccc(S(N)(=O)=O)cc1C(=O)O[C@H](C)C(=O)NC1CCCC1. The molecule has 0 aromatic heterocycles. The highest BCUT2D eigenvalue weighted by molar-refractivity contribution is 7.89. The van der Waals surface area contributed by atoms with E-state index in [0.29, 0.717) is 0 Å². The van der Waals surface area contributed by atoms with Crippen LogP contribution in [0, 0.1) is 0 Å². The zero-order valence-corrected chi connectivity index (χ0v) is 15.0. The van der Waals surface area contributed by atoms with Gasteiger partial charge in [-0.3, -0.25) is 4.79 Å². The van der Waals surface area contributed by atoms with Crippen LogP contribution in [0.15, 0.2) is 23.1 Å². The highest BCUT2D eigenvalue weighted by Crippen LogP contribution is 2.23. The highest BCUT2D eigenvalue weighted by Gasteiger charge is 2.25. The summed E-state index contributed by atoms with van der Waals surface area (Å²) < 4.78 is 33.1. The van der Waals surface area contributed by atoms with Crippen LogP contribution < -0.4 is 15.2 Å². The number of carbonyl (C=O) groups excluding carboxylic acids is 2. The molecule has 0 spiro atoms. The number of hydrogen-bond acceptors (Lipinski definition) is 6. The van der Waals surface area contributed by atoms with Crippen molar-refractivity contribution in [1.29, 1.82) is 0 Å². The Morgan fingerprint density at radius 1 is 1.28 bits per heavy atom. The fourth-order valence-electron chi connectivity index (χ4n) is 2.69. The molecule has 3 N–H and O–H groups in total.